The summed E-state index contributed by atoms with van der Waals surface area (Å²) in [6.07, 6.45) is 4.64. The normalized spacial score (nSPS) is 18.6. The SMILES string of the molecule is OC(C1=CCCCO1)c1ncc(Cl)s1. The summed E-state index contributed by atoms with van der Waals surface area (Å²) in [4.78, 5) is 4.01. The number of halogens is 1. The predicted molar refractivity (Wildman–Crippen MR) is 55.4 cm³/mol. The molecule has 1 atom stereocenters. The highest BCUT2D eigenvalue weighted by Gasteiger charge is 2.19. The van der Waals surface area contributed by atoms with E-state index in [9.17, 15) is 5.11 Å². The number of thiazole rings is 1. The average molecular weight is 232 g/mol. The maximum absolute atomic E-state index is 9.85. The predicted octanol–water partition coefficient (Wildman–Crippen LogP) is 2.52. The molecule has 0 fully saturated rings. The molecule has 1 aliphatic heterocycles. The van der Waals surface area contributed by atoms with E-state index in [0.29, 0.717) is 21.7 Å². The van der Waals surface area contributed by atoms with Crippen LogP contribution in [0.25, 0.3) is 0 Å². The van der Waals surface area contributed by atoms with Gasteiger partial charge in [-0.05, 0) is 18.9 Å². The van der Waals surface area contributed by atoms with E-state index in [2.05, 4.69) is 4.98 Å². The van der Waals surface area contributed by atoms with Gasteiger partial charge in [-0.3, -0.25) is 0 Å². The third-order valence-electron chi connectivity index (χ3n) is 1.96. The molecule has 5 heteroatoms. The Balaban J connectivity index is 2.14. The molecule has 1 unspecified atom stereocenters. The molecule has 1 N–H and O–H groups in total. The zero-order valence-electron chi connectivity index (χ0n) is 7.44. The molecule has 3 nitrogen and oxygen atoms in total. The fourth-order valence-electron chi connectivity index (χ4n) is 1.28. The molecule has 0 radical (unpaired) electrons. The molecular weight excluding hydrogens is 222 g/mol. The number of ether oxygens (including phenoxy) is 1. The second-order valence-corrected chi connectivity index (χ2v) is 4.70. The lowest BCUT2D eigenvalue weighted by atomic mass is 10.2. The molecule has 0 saturated heterocycles. The highest BCUT2D eigenvalue weighted by molar-refractivity contribution is 7.15. The zero-order valence-corrected chi connectivity index (χ0v) is 9.01. The first-order valence-corrected chi connectivity index (χ1v) is 5.59. The lowest BCUT2D eigenvalue weighted by molar-refractivity contribution is 0.0916. The number of aromatic nitrogens is 1. The summed E-state index contributed by atoms with van der Waals surface area (Å²) in [7, 11) is 0. The van der Waals surface area contributed by atoms with Crippen LogP contribution in [-0.4, -0.2) is 16.7 Å². The zero-order chi connectivity index (χ0) is 9.97. The Labute approximate surface area is 91.0 Å². The van der Waals surface area contributed by atoms with E-state index in [1.807, 2.05) is 6.08 Å². The van der Waals surface area contributed by atoms with Gasteiger partial charge in [0.2, 0.25) is 0 Å². The van der Waals surface area contributed by atoms with Crippen molar-refractivity contribution < 1.29 is 9.84 Å². The van der Waals surface area contributed by atoms with Gasteiger partial charge in [-0.2, -0.15) is 0 Å². The number of rotatable bonds is 2. The maximum Gasteiger partial charge on any atom is 0.162 e. The van der Waals surface area contributed by atoms with E-state index >= 15 is 0 Å². The monoisotopic (exact) mass is 231 g/mol. The van der Waals surface area contributed by atoms with Crippen molar-refractivity contribution >= 4 is 22.9 Å². The fourth-order valence-corrected chi connectivity index (χ4v) is 2.21. The molecule has 1 aliphatic rings. The minimum Gasteiger partial charge on any atom is -0.495 e. The van der Waals surface area contributed by atoms with Crippen LogP contribution in [0.5, 0.6) is 0 Å². The molecule has 0 aliphatic carbocycles. The fraction of sp³-hybridized carbons (Fsp3) is 0.444. The Morgan fingerprint density at radius 2 is 2.50 bits per heavy atom. The number of hydrogen-bond donors (Lipinski definition) is 1. The minimum atomic E-state index is -0.757. The molecule has 0 amide bonds. The Hall–Kier alpha value is -0.580. The molecule has 76 valence electrons. The Morgan fingerprint density at radius 1 is 1.64 bits per heavy atom. The number of allylic oxidation sites excluding steroid dienone is 1. The van der Waals surface area contributed by atoms with E-state index in [1.165, 1.54) is 17.5 Å². The molecule has 0 bridgehead atoms. The summed E-state index contributed by atoms with van der Waals surface area (Å²) in [5.74, 6) is 0.599. The third kappa shape index (κ3) is 2.08. The van der Waals surface area contributed by atoms with Crippen molar-refractivity contribution in [2.75, 3.05) is 6.61 Å². The highest BCUT2D eigenvalue weighted by Crippen LogP contribution is 2.30. The van der Waals surface area contributed by atoms with Crippen molar-refractivity contribution in [3.05, 3.63) is 27.4 Å². The van der Waals surface area contributed by atoms with Gasteiger partial charge in [-0.25, -0.2) is 4.98 Å². The number of nitrogens with zero attached hydrogens (tertiary/aromatic N) is 1. The Kier molecular flexibility index (Phi) is 3.05. The molecule has 0 spiro atoms. The molecule has 1 aromatic heterocycles. The number of hydrogen-bond acceptors (Lipinski definition) is 4. The average Bonchev–Trinajstić information content (AvgIpc) is 2.65. The molecule has 0 aromatic carbocycles. The summed E-state index contributed by atoms with van der Waals surface area (Å²) in [5.41, 5.74) is 0. The van der Waals surface area contributed by atoms with Gasteiger partial charge in [0.15, 0.2) is 6.10 Å². The van der Waals surface area contributed by atoms with Crippen LogP contribution >= 0.6 is 22.9 Å². The largest absolute Gasteiger partial charge is 0.495 e. The molecule has 0 saturated carbocycles. The topological polar surface area (TPSA) is 42.4 Å². The van der Waals surface area contributed by atoms with Crippen LogP contribution in [0.4, 0.5) is 0 Å². The number of aliphatic hydroxyl groups excluding tert-OH is 1. The van der Waals surface area contributed by atoms with Crippen LogP contribution in [0, 0.1) is 0 Å². The summed E-state index contributed by atoms with van der Waals surface area (Å²) < 4.78 is 5.92. The summed E-state index contributed by atoms with van der Waals surface area (Å²) in [6, 6.07) is 0. The van der Waals surface area contributed by atoms with E-state index in [0.717, 1.165) is 12.8 Å². The molecule has 2 rings (SSSR count). The lowest BCUT2D eigenvalue weighted by Gasteiger charge is -2.17. The van der Waals surface area contributed by atoms with Crippen LogP contribution in [0.2, 0.25) is 4.34 Å². The van der Waals surface area contributed by atoms with Crippen molar-refractivity contribution in [3.63, 3.8) is 0 Å². The van der Waals surface area contributed by atoms with E-state index in [4.69, 9.17) is 16.3 Å². The van der Waals surface area contributed by atoms with Crippen LogP contribution in [-0.2, 0) is 4.74 Å². The second-order valence-electron chi connectivity index (χ2n) is 3.00. The summed E-state index contributed by atoms with van der Waals surface area (Å²) in [5, 5.41) is 10.4. The van der Waals surface area contributed by atoms with Crippen molar-refractivity contribution in [3.8, 4) is 0 Å². The Bertz CT molecular complexity index is 350. The van der Waals surface area contributed by atoms with E-state index in [1.54, 1.807) is 0 Å². The highest BCUT2D eigenvalue weighted by atomic mass is 35.5. The first-order valence-electron chi connectivity index (χ1n) is 4.39. The Morgan fingerprint density at radius 3 is 3.07 bits per heavy atom. The minimum absolute atomic E-state index is 0.579. The lowest BCUT2D eigenvalue weighted by Crippen LogP contribution is -2.09. The maximum atomic E-state index is 9.85. The molecule has 2 heterocycles. The van der Waals surface area contributed by atoms with Crippen LogP contribution in [0.1, 0.15) is 24.0 Å². The van der Waals surface area contributed by atoms with Gasteiger partial charge in [0.1, 0.15) is 15.1 Å². The first-order chi connectivity index (χ1) is 6.77. The van der Waals surface area contributed by atoms with Gasteiger partial charge in [0.05, 0.1) is 12.8 Å². The van der Waals surface area contributed by atoms with Crippen molar-refractivity contribution in [1.82, 2.24) is 4.98 Å². The first kappa shape index (κ1) is 9.96. The van der Waals surface area contributed by atoms with Gasteiger partial charge in [0, 0.05) is 0 Å². The van der Waals surface area contributed by atoms with Crippen LogP contribution < -0.4 is 0 Å². The van der Waals surface area contributed by atoms with Crippen molar-refractivity contribution in [1.29, 1.82) is 0 Å². The summed E-state index contributed by atoms with van der Waals surface area (Å²) >= 11 is 7.00. The van der Waals surface area contributed by atoms with Crippen molar-refractivity contribution in [2.24, 2.45) is 0 Å². The van der Waals surface area contributed by atoms with Gasteiger partial charge >= 0.3 is 0 Å². The van der Waals surface area contributed by atoms with E-state index in [-0.39, 0.29) is 0 Å². The molecule has 1 aromatic rings. The van der Waals surface area contributed by atoms with Gasteiger partial charge in [-0.1, -0.05) is 11.6 Å². The third-order valence-corrected chi connectivity index (χ3v) is 3.13. The van der Waals surface area contributed by atoms with Gasteiger partial charge < -0.3 is 9.84 Å². The van der Waals surface area contributed by atoms with Crippen LogP contribution in [0.3, 0.4) is 0 Å². The van der Waals surface area contributed by atoms with E-state index < -0.39 is 6.10 Å². The molecule has 14 heavy (non-hydrogen) atoms. The quantitative estimate of drug-likeness (QED) is 0.851. The number of aliphatic hydroxyl groups is 1. The van der Waals surface area contributed by atoms with Gasteiger partial charge in [-0.15, -0.1) is 11.3 Å². The van der Waals surface area contributed by atoms with Crippen LogP contribution in [0.15, 0.2) is 18.0 Å². The van der Waals surface area contributed by atoms with Gasteiger partial charge in [0.25, 0.3) is 0 Å². The summed E-state index contributed by atoms with van der Waals surface area (Å²) in [6.45, 7) is 0.669. The smallest absolute Gasteiger partial charge is 0.162 e. The van der Waals surface area contributed by atoms with Crippen molar-refractivity contribution in [2.45, 2.75) is 18.9 Å². The second kappa shape index (κ2) is 4.29. The molecular formula is C9H10ClNO2S. The standard InChI is InChI=1S/C9H10ClNO2S/c10-7-5-11-9(14-7)8(12)6-3-1-2-4-13-6/h3,5,8,12H,1-2,4H2.